The van der Waals surface area contributed by atoms with Crippen LogP contribution in [0.4, 0.5) is 0 Å². The van der Waals surface area contributed by atoms with Crippen molar-refractivity contribution in [1.82, 2.24) is 5.43 Å². The number of aliphatic hydroxyl groups is 1. The average Bonchev–Trinajstić information content (AvgIpc) is 2.36. The topological polar surface area (TPSA) is 58.3 Å². The molecule has 0 amide bonds. The molecule has 1 fully saturated rings. The zero-order valence-electron chi connectivity index (χ0n) is 5.56. The van der Waals surface area contributed by atoms with Crippen molar-refractivity contribution in [3.05, 3.63) is 0 Å². The summed E-state index contributed by atoms with van der Waals surface area (Å²) in [5, 5.41) is 8.87. The number of hydrogen-bond acceptors (Lipinski definition) is 3. The van der Waals surface area contributed by atoms with E-state index < -0.39 is 0 Å². The second-order valence-electron chi connectivity index (χ2n) is 2.79. The molecular formula is C6H14N2O. The molecule has 54 valence electrons. The third-order valence-electron chi connectivity index (χ3n) is 2.17. The van der Waals surface area contributed by atoms with Crippen LogP contribution in [0.25, 0.3) is 0 Å². The van der Waals surface area contributed by atoms with E-state index in [2.05, 4.69) is 5.43 Å². The normalized spacial score (nSPS) is 24.7. The summed E-state index contributed by atoms with van der Waals surface area (Å²) in [5.74, 6) is 5.27. The Hall–Kier alpha value is -0.120. The van der Waals surface area contributed by atoms with Crippen LogP contribution in [0.1, 0.15) is 25.7 Å². The largest absolute Gasteiger partial charge is 0.394 e. The van der Waals surface area contributed by atoms with Crippen molar-refractivity contribution in [2.75, 3.05) is 6.61 Å². The molecular weight excluding hydrogens is 116 g/mol. The predicted molar refractivity (Wildman–Crippen MR) is 35.6 cm³/mol. The van der Waals surface area contributed by atoms with Crippen LogP contribution in [0.3, 0.4) is 0 Å². The minimum absolute atomic E-state index is 0.139. The number of rotatable bonds is 2. The zero-order valence-corrected chi connectivity index (χ0v) is 5.56. The van der Waals surface area contributed by atoms with Gasteiger partial charge in [-0.25, -0.2) is 0 Å². The molecule has 0 unspecified atom stereocenters. The lowest BCUT2D eigenvalue weighted by Gasteiger charge is -2.24. The van der Waals surface area contributed by atoms with Gasteiger partial charge in [-0.1, -0.05) is 12.8 Å². The first kappa shape index (κ1) is 6.99. The number of nitrogens with one attached hydrogen (secondary N) is 1. The van der Waals surface area contributed by atoms with E-state index in [-0.39, 0.29) is 12.1 Å². The summed E-state index contributed by atoms with van der Waals surface area (Å²) in [4.78, 5) is 0. The first-order valence-electron chi connectivity index (χ1n) is 3.42. The molecule has 0 aromatic heterocycles. The van der Waals surface area contributed by atoms with Crippen molar-refractivity contribution >= 4 is 0 Å². The molecule has 0 heterocycles. The Labute approximate surface area is 55.2 Å². The molecule has 0 spiro atoms. The Morgan fingerprint density at radius 3 is 2.22 bits per heavy atom. The van der Waals surface area contributed by atoms with E-state index in [0.717, 1.165) is 12.8 Å². The molecule has 0 saturated heterocycles. The van der Waals surface area contributed by atoms with Crippen LogP contribution >= 0.6 is 0 Å². The molecule has 1 rings (SSSR count). The van der Waals surface area contributed by atoms with E-state index in [9.17, 15) is 0 Å². The fraction of sp³-hybridized carbons (Fsp3) is 1.00. The smallest absolute Gasteiger partial charge is 0.0626 e. The maximum absolute atomic E-state index is 8.87. The fourth-order valence-electron chi connectivity index (χ4n) is 1.40. The van der Waals surface area contributed by atoms with Crippen LogP contribution in [0.5, 0.6) is 0 Å². The Morgan fingerprint density at radius 2 is 2.00 bits per heavy atom. The van der Waals surface area contributed by atoms with Crippen molar-refractivity contribution in [3.63, 3.8) is 0 Å². The highest BCUT2D eigenvalue weighted by atomic mass is 16.3. The van der Waals surface area contributed by atoms with Crippen LogP contribution in [0.2, 0.25) is 0 Å². The highest BCUT2D eigenvalue weighted by Crippen LogP contribution is 2.27. The van der Waals surface area contributed by atoms with Gasteiger partial charge in [0.15, 0.2) is 0 Å². The zero-order chi connectivity index (χ0) is 6.74. The number of aliphatic hydroxyl groups excluding tert-OH is 1. The molecule has 1 aliphatic carbocycles. The molecule has 4 N–H and O–H groups in total. The summed E-state index contributed by atoms with van der Waals surface area (Å²) >= 11 is 0. The fourth-order valence-corrected chi connectivity index (χ4v) is 1.40. The van der Waals surface area contributed by atoms with Gasteiger partial charge in [0.05, 0.1) is 12.1 Å². The molecule has 0 atom stereocenters. The summed E-state index contributed by atoms with van der Waals surface area (Å²) in [6.45, 7) is 0.170. The van der Waals surface area contributed by atoms with E-state index in [4.69, 9.17) is 10.9 Å². The Bertz CT molecular complexity index is 83.1. The van der Waals surface area contributed by atoms with Gasteiger partial charge in [-0.05, 0) is 12.8 Å². The summed E-state index contributed by atoms with van der Waals surface area (Å²) in [6, 6.07) is 0. The summed E-state index contributed by atoms with van der Waals surface area (Å²) < 4.78 is 0. The van der Waals surface area contributed by atoms with E-state index in [1.807, 2.05) is 0 Å². The lowest BCUT2D eigenvalue weighted by molar-refractivity contribution is 0.165. The first-order chi connectivity index (χ1) is 4.33. The summed E-state index contributed by atoms with van der Waals surface area (Å²) in [6.07, 6.45) is 4.40. The van der Waals surface area contributed by atoms with Gasteiger partial charge in [-0.2, -0.15) is 0 Å². The molecule has 9 heavy (non-hydrogen) atoms. The van der Waals surface area contributed by atoms with E-state index in [1.165, 1.54) is 12.8 Å². The first-order valence-corrected chi connectivity index (χ1v) is 3.42. The van der Waals surface area contributed by atoms with Crippen molar-refractivity contribution in [2.45, 2.75) is 31.2 Å². The monoisotopic (exact) mass is 130 g/mol. The van der Waals surface area contributed by atoms with Crippen LogP contribution in [0, 0.1) is 0 Å². The predicted octanol–water partition coefficient (Wildman–Crippen LogP) is -0.245. The number of hydrogen-bond donors (Lipinski definition) is 3. The highest BCUT2D eigenvalue weighted by Gasteiger charge is 2.31. The van der Waals surface area contributed by atoms with E-state index in [1.54, 1.807) is 0 Å². The van der Waals surface area contributed by atoms with Crippen molar-refractivity contribution in [1.29, 1.82) is 0 Å². The second kappa shape index (κ2) is 2.64. The molecule has 0 aliphatic heterocycles. The minimum Gasteiger partial charge on any atom is -0.394 e. The second-order valence-corrected chi connectivity index (χ2v) is 2.79. The van der Waals surface area contributed by atoms with Crippen LogP contribution in [0.15, 0.2) is 0 Å². The summed E-state index contributed by atoms with van der Waals surface area (Å²) in [7, 11) is 0. The standard InChI is InChI=1S/C6H14N2O/c7-8-6(5-9)3-1-2-4-6/h8-9H,1-5,7H2. The van der Waals surface area contributed by atoms with Crippen LogP contribution in [-0.2, 0) is 0 Å². The van der Waals surface area contributed by atoms with Gasteiger partial charge in [-0.15, -0.1) is 0 Å². The van der Waals surface area contributed by atoms with Gasteiger partial charge in [0.2, 0.25) is 0 Å². The minimum atomic E-state index is -0.139. The number of hydrazine groups is 1. The van der Waals surface area contributed by atoms with Gasteiger partial charge in [-0.3, -0.25) is 11.3 Å². The quantitative estimate of drug-likeness (QED) is 0.357. The maximum atomic E-state index is 8.87. The van der Waals surface area contributed by atoms with Crippen LogP contribution in [-0.4, -0.2) is 17.3 Å². The van der Waals surface area contributed by atoms with Crippen molar-refractivity contribution in [3.8, 4) is 0 Å². The Balaban J connectivity index is 2.45. The van der Waals surface area contributed by atoms with Crippen molar-refractivity contribution < 1.29 is 5.11 Å². The molecule has 3 nitrogen and oxygen atoms in total. The molecule has 3 heteroatoms. The van der Waals surface area contributed by atoms with Gasteiger partial charge >= 0.3 is 0 Å². The molecule has 0 bridgehead atoms. The van der Waals surface area contributed by atoms with Gasteiger partial charge < -0.3 is 5.11 Å². The third kappa shape index (κ3) is 1.23. The third-order valence-corrected chi connectivity index (χ3v) is 2.17. The number of nitrogens with two attached hydrogens (primary N) is 1. The van der Waals surface area contributed by atoms with E-state index >= 15 is 0 Å². The molecule has 0 aromatic rings. The van der Waals surface area contributed by atoms with Gasteiger partial charge in [0, 0.05) is 0 Å². The van der Waals surface area contributed by atoms with Gasteiger partial charge in [0.1, 0.15) is 0 Å². The molecule has 0 radical (unpaired) electrons. The van der Waals surface area contributed by atoms with Crippen LogP contribution < -0.4 is 11.3 Å². The highest BCUT2D eigenvalue weighted by molar-refractivity contribution is 4.89. The lowest BCUT2D eigenvalue weighted by Crippen LogP contribution is -2.49. The molecule has 1 aliphatic rings. The average molecular weight is 130 g/mol. The Morgan fingerprint density at radius 1 is 1.44 bits per heavy atom. The Kier molecular flexibility index (Phi) is 2.05. The lowest BCUT2D eigenvalue weighted by atomic mass is 10.0. The molecule has 0 aromatic carbocycles. The summed E-state index contributed by atoms with van der Waals surface area (Å²) in [5.41, 5.74) is 2.54. The van der Waals surface area contributed by atoms with E-state index in [0.29, 0.717) is 0 Å². The van der Waals surface area contributed by atoms with Gasteiger partial charge in [0.25, 0.3) is 0 Å². The molecule has 1 saturated carbocycles. The SMILES string of the molecule is NNC1(CO)CCCC1. The maximum Gasteiger partial charge on any atom is 0.0626 e. The van der Waals surface area contributed by atoms with Crippen molar-refractivity contribution in [2.24, 2.45) is 5.84 Å².